The molecule has 0 spiro atoms. The number of nitrogens with one attached hydrogen (secondary N) is 1. The molecule has 7 nitrogen and oxygen atoms in total. The first kappa shape index (κ1) is 25.7. The first-order chi connectivity index (χ1) is 15.4. The van der Waals surface area contributed by atoms with E-state index in [0.29, 0.717) is 50.0 Å². The Morgan fingerprint density at radius 2 is 1.88 bits per heavy atom. The van der Waals surface area contributed by atoms with Gasteiger partial charge in [0.05, 0.1) is 6.54 Å². The van der Waals surface area contributed by atoms with E-state index in [0.717, 1.165) is 18.5 Å². The fraction of sp³-hybridized carbons (Fsp3) is 0.500. The van der Waals surface area contributed by atoms with Crippen molar-refractivity contribution < 1.29 is 14.3 Å². The normalized spacial score (nSPS) is 10.8. The molecule has 0 radical (unpaired) electrons. The van der Waals surface area contributed by atoms with Crippen LogP contribution in [0.3, 0.4) is 0 Å². The fourth-order valence-corrected chi connectivity index (χ4v) is 3.47. The quantitative estimate of drug-likeness (QED) is 0.436. The molecule has 0 saturated carbocycles. The zero-order chi connectivity index (χ0) is 23.3. The molecule has 0 aliphatic rings. The number of hydrogen-bond donors (Lipinski definition) is 1. The van der Waals surface area contributed by atoms with E-state index in [-0.39, 0.29) is 18.5 Å². The maximum Gasteiger partial charge on any atom is 0.322 e. The summed E-state index contributed by atoms with van der Waals surface area (Å²) in [6.07, 6.45) is 4.52. The van der Waals surface area contributed by atoms with Crippen LogP contribution in [0.25, 0.3) is 0 Å². The van der Waals surface area contributed by atoms with Gasteiger partial charge in [0.15, 0.2) is 0 Å². The number of aryl methyl sites for hydroxylation is 1. The van der Waals surface area contributed by atoms with E-state index in [1.54, 1.807) is 29.2 Å². The molecule has 0 fully saturated rings. The highest BCUT2D eigenvalue weighted by Crippen LogP contribution is 2.16. The number of urea groups is 1. The lowest BCUT2D eigenvalue weighted by Crippen LogP contribution is -2.45. The number of rotatable bonds is 13. The molecule has 0 unspecified atom stereocenters. The van der Waals surface area contributed by atoms with Gasteiger partial charge in [-0.15, -0.1) is 0 Å². The van der Waals surface area contributed by atoms with Gasteiger partial charge in [0.1, 0.15) is 6.54 Å². The highest BCUT2D eigenvalue weighted by atomic mass is 35.5. The number of anilines is 1. The van der Waals surface area contributed by atoms with Crippen molar-refractivity contribution in [2.45, 2.75) is 39.7 Å². The lowest BCUT2D eigenvalue weighted by atomic mass is 10.2. The van der Waals surface area contributed by atoms with Crippen LogP contribution in [-0.2, 0) is 23.1 Å². The highest BCUT2D eigenvalue weighted by molar-refractivity contribution is 6.30. The Labute approximate surface area is 196 Å². The van der Waals surface area contributed by atoms with Crippen LogP contribution in [0.2, 0.25) is 5.02 Å². The molecular formula is C24H35ClN4O3. The number of nitrogens with zero attached hydrogens (tertiary/aromatic N) is 3. The van der Waals surface area contributed by atoms with Crippen LogP contribution < -0.4 is 5.32 Å². The average molecular weight is 463 g/mol. The van der Waals surface area contributed by atoms with Gasteiger partial charge >= 0.3 is 6.03 Å². The molecule has 2 rings (SSSR count). The Hall–Kier alpha value is -2.51. The molecule has 2 aromatic rings. The summed E-state index contributed by atoms with van der Waals surface area (Å²) in [6, 6.07) is 10.6. The summed E-state index contributed by atoms with van der Waals surface area (Å²) in [4.78, 5) is 29.6. The number of amides is 3. The summed E-state index contributed by atoms with van der Waals surface area (Å²) in [5, 5.41) is 3.39. The number of ether oxygens (including phenoxy) is 1. The van der Waals surface area contributed by atoms with Gasteiger partial charge in [-0.3, -0.25) is 4.79 Å². The van der Waals surface area contributed by atoms with Crippen molar-refractivity contribution in [1.82, 2.24) is 14.4 Å². The molecule has 1 heterocycles. The Bertz CT molecular complexity index is 855. The van der Waals surface area contributed by atoms with E-state index in [4.69, 9.17) is 16.3 Å². The number of carbonyl (C=O) groups excluding carboxylic acids is 2. The van der Waals surface area contributed by atoms with Crippen LogP contribution in [0, 0.1) is 0 Å². The Morgan fingerprint density at radius 3 is 2.53 bits per heavy atom. The van der Waals surface area contributed by atoms with Gasteiger partial charge in [-0.25, -0.2) is 4.79 Å². The summed E-state index contributed by atoms with van der Waals surface area (Å²) in [7, 11) is 1.97. The van der Waals surface area contributed by atoms with E-state index in [1.807, 2.05) is 41.8 Å². The van der Waals surface area contributed by atoms with Crippen molar-refractivity contribution >= 4 is 29.2 Å². The summed E-state index contributed by atoms with van der Waals surface area (Å²) >= 11 is 6.04. The standard InChI is InChI=1S/C24H35ClN4O3/c1-4-6-14-28(18-22-12-8-13-27(22)3)23(30)19-29(15-9-16-32-5-2)24(31)26-21-11-7-10-20(25)17-21/h7-8,10-13,17H,4-6,9,14-16,18-19H2,1-3H3,(H,26,31). The van der Waals surface area contributed by atoms with Crippen molar-refractivity contribution in [2.24, 2.45) is 7.05 Å². The molecular weight excluding hydrogens is 428 g/mol. The Morgan fingerprint density at radius 1 is 1.09 bits per heavy atom. The predicted molar refractivity (Wildman–Crippen MR) is 129 cm³/mol. The fourth-order valence-electron chi connectivity index (χ4n) is 3.28. The van der Waals surface area contributed by atoms with Crippen molar-refractivity contribution in [2.75, 3.05) is 38.2 Å². The minimum absolute atomic E-state index is 0.00661. The lowest BCUT2D eigenvalue weighted by Gasteiger charge is -2.28. The van der Waals surface area contributed by atoms with Gasteiger partial charge in [-0.2, -0.15) is 0 Å². The largest absolute Gasteiger partial charge is 0.382 e. The van der Waals surface area contributed by atoms with Crippen LogP contribution in [0.5, 0.6) is 0 Å². The van der Waals surface area contributed by atoms with E-state index in [1.165, 1.54) is 0 Å². The lowest BCUT2D eigenvalue weighted by molar-refractivity contribution is -0.132. The van der Waals surface area contributed by atoms with Crippen molar-refractivity contribution in [3.8, 4) is 0 Å². The summed E-state index contributed by atoms with van der Waals surface area (Å²) < 4.78 is 7.42. The van der Waals surface area contributed by atoms with E-state index in [2.05, 4.69) is 12.2 Å². The molecule has 32 heavy (non-hydrogen) atoms. The van der Waals surface area contributed by atoms with E-state index in [9.17, 15) is 9.59 Å². The Kier molecular flexibility index (Phi) is 11.1. The average Bonchev–Trinajstić information content (AvgIpc) is 3.17. The van der Waals surface area contributed by atoms with E-state index < -0.39 is 0 Å². The molecule has 0 atom stereocenters. The van der Waals surface area contributed by atoms with Crippen LogP contribution in [0.15, 0.2) is 42.6 Å². The van der Waals surface area contributed by atoms with Gasteiger partial charge in [0.25, 0.3) is 0 Å². The number of aromatic nitrogens is 1. The van der Waals surface area contributed by atoms with E-state index >= 15 is 0 Å². The molecule has 3 amide bonds. The van der Waals surface area contributed by atoms with Crippen molar-refractivity contribution in [1.29, 1.82) is 0 Å². The minimum atomic E-state index is -0.327. The van der Waals surface area contributed by atoms with Crippen molar-refractivity contribution in [3.63, 3.8) is 0 Å². The zero-order valence-electron chi connectivity index (χ0n) is 19.3. The molecule has 0 saturated heterocycles. The number of halogens is 1. The van der Waals surface area contributed by atoms with Crippen LogP contribution in [0.1, 0.15) is 38.8 Å². The third kappa shape index (κ3) is 8.55. The molecule has 1 aromatic carbocycles. The summed E-state index contributed by atoms with van der Waals surface area (Å²) in [6.45, 7) is 6.79. The van der Waals surface area contributed by atoms with Gasteiger partial charge < -0.3 is 24.4 Å². The molecule has 0 aliphatic carbocycles. The molecule has 0 aliphatic heterocycles. The maximum absolute atomic E-state index is 13.2. The monoisotopic (exact) mass is 462 g/mol. The molecule has 0 bridgehead atoms. The predicted octanol–water partition coefficient (Wildman–Crippen LogP) is 4.77. The minimum Gasteiger partial charge on any atom is -0.382 e. The second-order valence-corrected chi connectivity index (χ2v) is 8.13. The zero-order valence-corrected chi connectivity index (χ0v) is 20.1. The number of unbranched alkanes of at least 4 members (excludes halogenated alkanes) is 1. The SMILES string of the molecule is CCCCN(Cc1cccn1C)C(=O)CN(CCCOCC)C(=O)Nc1cccc(Cl)c1. The first-order valence-electron chi connectivity index (χ1n) is 11.2. The van der Waals surface area contributed by atoms with Crippen LogP contribution in [0.4, 0.5) is 10.5 Å². The number of benzene rings is 1. The summed E-state index contributed by atoms with van der Waals surface area (Å²) in [5.74, 6) is -0.0719. The van der Waals surface area contributed by atoms with Gasteiger partial charge in [0, 0.05) is 56.0 Å². The van der Waals surface area contributed by atoms with Crippen LogP contribution in [-0.4, -0.2) is 59.2 Å². The van der Waals surface area contributed by atoms with Gasteiger partial charge in [-0.05, 0) is 50.1 Å². The van der Waals surface area contributed by atoms with Crippen molar-refractivity contribution in [3.05, 3.63) is 53.3 Å². The Balaban J connectivity index is 2.10. The molecule has 1 N–H and O–H groups in total. The van der Waals surface area contributed by atoms with Gasteiger partial charge in [0.2, 0.25) is 5.91 Å². The number of hydrogen-bond acceptors (Lipinski definition) is 3. The second kappa shape index (κ2) is 13.8. The first-order valence-corrected chi connectivity index (χ1v) is 11.6. The molecule has 1 aromatic heterocycles. The van der Waals surface area contributed by atoms with Gasteiger partial charge in [-0.1, -0.05) is 31.0 Å². The smallest absolute Gasteiger partial charge is 0.322 e. The van der Waals surface area contributed by atoms with Crippen LogP contribution >= 0.6 is 11.6 Å². The summed E-state index contributed by atoms with van der Waals surface area (Å²) in [5.41, 5.74) is 1.65. The molecule has 176 valence electrons. The maximum atomic E-state index is 13.2. The molecule has 8 heteroatoms. The highest BCUT2D eigenvalue weighted by Gasteiger charge is 2.22. The number of carbonyl (C=O) groups is 2. The third-order valence-electron chi connectivity index (χ3n) is 5.15. The third-order valence-corrected chi connectivity index (χ3v) is 5.38. The second-order valence-electron chi connectivity index (χ2n) is 7.69. The topological polar surface area (TPSA) is 66.8 Å².